The molecule has 2 aliphatic carbocycles. The van der Waals surface area contributed by atoms with E-state index in [0.717, 1.165) is 57.1 Å². The number of carbonyl (C=O) groups excluding carboxylic acids is 4. The van der Waals surface area contributed by atoms with Gasteiger partial charge in [0.15, 0.2) is 17.3 Å². The average Bonchev–Trinajstić information content (AvgIpc) is 3.48. The summed E-state index contributed by atoms with van der Waals surface area (Å²) in [5, 5.41) is 0. The molecular formula is C43H50N2O6. The van der Waals surface area contributed by atoms with Crippen molar-refractivity contribution in [1.82, 2.24) is 9.80 Å². The molecule has 8 nitrogen and oxygen atoms in total. The van der Waals surface area contributed by atoms with Gasteiger partial charge in [0.1, 0.15) is 11.9 Å². The van der Waals surface area contributed by atoms with Gasteiger partial charge in [0.25, 0.3) is 0 Å². The van der Waals surface area contributed by atoms with Gasteiger partial charge in [0.2, 0.25) is 5.91 Å². The largest absolute Gasteiger partial charge is 0.483 e. The Bertz CT molecular complexity index is 1760. The van der Waals surface area contributed by atoms with E-state index in [1.165, 1.54) is 18.1 Å². The van der Waals surface area contributed by atoms with Crippen LogP contribution in [0.5, 0.6) is 11.5 Å². The van der Waals surface area contributed by atoms with E-state index in [9.17, 15) is 19.2 Å². The topological polar surface area (TPSA) is 93.2 Å². The van der Waals surface area contributed by atoms with Gasteiger partial charge in [-0.3, -0.25) is 24.1 Å². The van der Waals surface area contributed by atoms with Gasteiger partial charge in [-0.2, -0.15) is 0 Å². The van der Waals surface area contributed by atoms with Crippen LogP contribution in [-0.2, 0) is 32.6 Å². The quantitative estimate of drug-likeness (QED) is 0.0741. The summed E-state index contributed by atoms with van der Waals surface area (Å²) in [4.78, 5) is 56.2. The summed E-state index contributed by atoms with van der Waals surface area (Å²) in [6.45, 7) is 4.95. The molecule has 0 aromatic heterocycles. The highest BCUT2D eigenvalue weighted by atomic mass is 16.6. The zero-order valence-corrected chi connectivity index (χ0v) is 30.0. The summed E-state index contributed by atoms with van der Waals surface area (Å²) in [5.74, 6) is 1.40. The number of ketones is 2. The van der Waals surface area contributed by atoms with Crippen molar-refractivity contribution in [2.45, 2.75) is 108 Å². The number of Topliss-reactive ketones (excluding diaryl/α,β-unsaturated/α-hetero) is 2. The minimum absolute atomic E-state index is 0.109. The molecule has 8 heteroatoms. The first kappa shape index (κ1) is 35.1. The van der Waals surface area contributed by atoms with Crippen LogP contribution in [0.4, 0.5) is 0 Å². The SMILES string of the molecule is CC(=O)CN1CC[C@]23c4c5ccc(OC(C)=O)c4O[C@H]2[C@H](N(CCCCc2ccccc2)C(=O)CCCCC(=O)c2ccccc2)CC[C@H]3[C@H]1C5. The normalized spacial score (nSPS) is 24.3. The zero-order chi connectivity index (χ0) is 35.5. The number of nitrogens with zero attached hydrogens (tertiary/aromatic N) is 2. The second kappa shape index (κ2) is 15.1. The molecular weight excluding hydrogens is 640 g/mol. The van der Waals surface area contributed by atoms with Crippen LogP contribution in [0.1, 0.15) is 98.7 Å². The van der Waals surface area contributed by atoms with Crippen molar-refractivity contribution in [2.24, 2.45) is 5.92 Å². The summed E-state index contributed by atoms with van der Waals surface area (Å²) in [6, 6.07) is 23.8. The number of benzene rings is 3. The molecule has 4 aliphatic rings. The number of aryl methyl sites for hydroxylation is 1. The molecule has 1 amide bonds. The Labute approximate surface area is 301 Å². The Balaban J connectivity index is 1.15. The third kappa shape index (κ3) is 6.99. The lowest BCUT2D eigenvalue weighted by Crippen LogP contribution is -2.69. The van der Waals surface area contributed by atoms with Crippen molar-refractivity contribution in [2.75, 3.05) is 19.6 Å². The maximum absolute atomic E-state index is 14.4. The van der Waals surface area contributed by atoms with Crippen LogP contribution in [0.2, 0.25) is 0 Å². The highest BCUT2D eigenvalue weighted by Gasteiger charge is 2.66. The highest BCUT2D eigenvalue weighted by molar-refractivity contribution is 5.96. The van der Waals surface area contributed by atoms with E-state index in [-0.39, 0.29) is 53.0 Å². The summed E-state index contributed by atoms with van der Waals surface area (Å²) < 4.78 is 12.8. The van der Waals surface area contributed by atoms with Crippen molar-refractivity contribution in [3.8, 4) is 11.5 Å². The molecule has 5 atom stereocenters. The number of likely N-dealkylation sites (tertiary alicyclic amines) is 1. The minimum Gasteiger partial charge on any atom is -0.483 e. The van der Waals surface area contributed by atoms with E-state index in [1.807, 2.05) is 42.5 Å². The van der Waals surface area contributed by atoms with Crippen molar-refractivity contribution in [3.05, 3.63) is 95.1 Å². The number of ether oxygens (including phenoxy) is 2. The average molecular weight is 691 g/mol. The Morgan fingerprint density at radius 1 is 0.882 bits per heavy atom. The summed E-state index contributed by atoms with van der Waals surface area (Å²) in [7, 11) is 0. The van der Waals surface area contributed by atoms with Crippen molar-refractivity contribution >= 4 is 23.4 Å². The second-order valence-corrected chi connectivity index (χ2v) is 15.1. The standard InChI is InChI=1S/C43H50N2O6/c1-29(46)28-44-26-24-43-34-21-22-35(42(43)51-41-38(50-30(2)47)23-20-33(40(41)43)27-36(34)44)45(25-12-11-15-31-13-5-3-6-14-31)39(49)19-10-9-18-37(48)32-16-7-4-8-17-32/h3-8,13-14,16-17,20,23,34-36,42H,9-12,15,18-19,21-22,24-28H2,1-2H3/t34-,35+,36+,42-,43-/m0/s1. The molecule has 2 bridgehead atoms. The van der Waals surface area contributed by atoms with E-state index in [2.05, 4.69) is 40.1 Å². The zero-order valence-electron chi connectivity index (χ0n) is 30.0. The number of carbonyl (C=O) groups is 4. The van der Waals surface area contributed by atoms with E-state index in [0.29, 0.717) is 55.8 Å². The maximum Gasteiger partial charge on any atom is 0.308 e. The van der Waals surface area contributed by atoms with Gasteiger partial charge in [-0.15, -0.1) is 0 Å². The van der Waals surface area contributed by atoms with E-state index >= 15 is 0 Å². The number of unbranched alkanes of at least 4 members (excludes halogenated alkanes) is 2. The molecule has 268 valence electrons. The van der Waals surface area contributed by atoms with Gasteiger partial charge in [-0.1, -0.05) is 66.7 Å². The number of esters is 1. The minimum atomic E-state index is -0.388. The molecule has 0 N–H and O–H groups in total. The van der Waals surface area contributed by atoms with Crippen LogP contribution >= 0.6 is 0 Å². The van der Waals surface area contributed by atoms with Gasteiger partial charge >= 0.3 is 5.97 Å². The first-order chi connectivity index (χ1) is 24.8. The summed E-state index contributed by atoms with van der Waals surface area (Å²) in [5.41, 5.74) is 4.04. The first-order valence-corrected chi connectivity index (χ1v) is 18.9. The summed E-state index contributed by atoms with van der Waals surface area (Å²) in [6.07, 6.45) is 8.01. The van der Waals surface area contributed by atoms with Gasteiger partial charge in [0, 0.05) is 48.9 Å². The Kier molecular flexibility index (Phi) is 10.4. The van der Waals surface area contributed by atoms with Gasteiger partial charge in [-0.05, 0) is 94.4 Å². The lowest BCUT2D eigenvalue weighted by molar-refractivity contribution is -0.143. The molecule has 2 fully saturated rings. The van der Waals surface area contributed by atoms with Crippen molar-refractivity contribution < 1.29 is 28.7 Å². The molecule has 1 saturated heterocycles. The maximum atomic E-state index is 14.4. The third-order valence-corrected chi connectivity index (χ3v) is 11.9. The second-order valence-electron chi connectivity index (χ2n) is 15.1. The molecule has 1 spiro atoms. The molecule has 7 rings (SSSR count). The van der Waals surface area contributed by atoms with Crippen LogP contribution in [0.15, 0.2) is 72.8 Å². The highest BCUT2D eigenvalue weighted by Crippen LogP contribution is 2.64. The fourth-order valence-corrected chi connectivity index (χ4v) is 9.83. The molecule has 2 heterocycles. The molecule has 2 aliphatic heterocycles. The number of hydrogen-bond acceptors (Lipinski definition) is 7. The van der Waals surface area contributed by atoms with E-state index in [1.54, 1.807) is 6.92 Å². The smallest absolute Gasteiger partial charge is 0.308 e. The molecule has 51 heavy (non-hydrogen) atoms. The first-order valence-electron chi connectivity index (χ1n) is 18.9. The number of piperidine rings is 1. The molecule has 0 radical (unpaired) electrons. The van der Waals surface area contributed by atoms with Crippen LogP contribution in [0.25, 0.3) is 0 Å². The summed E-state index contributed by atoms with van der Waals surface area (Å²) >= 11 is 0. The van der Waals surface area contributed by atoms with E-state index in [4.69, 9.17) is 9.47 Å². The molecule has 0 unspecified atom stereocenters. The predicted octanol–water partition coefficient (Wildman–Crippen LogP) is 6.90. The lowest BCUT2D eigenvalue weighted by atomic mass is 9.51. The number of hydrogen-bond donors (Lipinski definition) is 0. The van der Waals surface area contributed by atoms with Crippen molar-refractivity contribution in [3.63, 3.8) is 0 Å². The Morgan fingerprint density at radius 2 is 1.63 bits per heavy atom. The number of rotatable bonds is 15. The molecule has 1 saturated carbocycles. The number of amides is 1. The van der Waals surface area contributed by atoms with Gasteiger partial charge in [-0.25, -0.2) is 0 Å². The third-order valence-electron chi connectivity index (χ3n) is 11.9. The monoisotopic (exact) mass is 690 g/mol. The Hall–Kier alpha value is -4.30. The lowest BCUT2D eigenvalue weighted by Gasteiger charge is -2.60. The van der Waals surface area contributed by atoms with Crippen LogP contribution in [0, 0.1) is 5.92 Å². The van der Waals surface area contributed by atoms with Crippen LogP contribution in [0.3, 0.4) is 0 Å². The van der Waals surface area contributed by atoms with E-state index < -0.39 is 0 Å². The van der Waals surface area contributed by atoms with Gasteiger partial charge < -0.3 is 14.4 Å². The predicted molar refractivity (Wildman–Crippen MR) is 195 cm³/mol. The molecule has 3 aromatic rings. The Morgan fingerprint density at radius 3 is 2.37 bits per heavy atom. The fourth-order valence-electron chi connectivity index (χ4n) is 9.83. The van der Waals surface area contributed by atoms with Gasteiger partial charge in [0.05, 0.1) is 12.6 Å². The fraction of sp³-hybridized carbons (Fsp3) is 0.488. The molecule has 3 aromatic carbocycles. The van der Waals surface area contributed by atoms with Crippen LogP contribution < -0.4 is 9.47 Å². The van der Waals surface area contributed by atoms with Crippen LogP contribution in [-0.4, -0.2) is 71.1 Å². The van der Waals surface area contributed by atoms with Crippen molar-refractivity contribution in [1.29, 1.82) is 0 Å².